The number of hydrogen-bond donors (Lipinski definition) is 0. The van der Waals surface area contributed by atoms with Crippen molar-refractivity contribution in [2.45, 2.75) is 13.5 Å². The monoisotopic (exact) mass is 205 g/mol. The molecular weight excluding hydrogens is 194 g/mol. The number of carbonyl (C=O) groups excluding carboxylic acids is 1. The molecule has 0 saturated carbocycles. The van der Waals surface area contributed by atoms with Crippen molar-refractivity contribution >= 4 is 5.78 Å². The Balaban J connectivity index is 2.24. The van der Waals surface area contributed by atoms with Gasteiger partial charge in [0.25, 0.3) is 0 Å². The molecule has 0 spiro atoms. The van der Waals surface area contributed by atoms with Gasteiger partial charge in [-0.1, -0.05) is 0 Å². The highest BCUT2D eigenvalue weighted by molar-refractivity contribution is 5.92. The van der Waals surface area contributed by atoms with E-state index in [-0.39, 0.29) is 5.78 Å². The van der Waals surface area contributed by atoms with Gasteiger partial charge < -0.3 is 4.57 Å². The third-order valence-corrected chi connectivity index (χ3v) is 2.05. The molecule has 0 aliphatic rings. The summed E-state index contributed by atoms with van der Waals surface area (Å²) < 4.78 is 1.80. The number of tetrazole rings is 1. The molecule has 0 radical (unpaired) electrons. The van der Waals surface area contributed by atoms with E-state index in [0.717, 1.165) is 0 Å². The second kappa shape index (κ2) is 3.64. The maximum Gasteiger partial charge on any atom is 0.194 e. The number of ketones is 1. The van der Waals surface area contributed by atoms with Gasteiger partial charge in [0.15, 0.2) is 11.6 Å². The van der Waals surface area contributed by atoms with Crippen LogP contribution in [0.2, 0.25) is 0 Å². The predicted molar refractivity (Wildman–Crippen MR) is 52.3 cm³/mol. The lowest BCUT2D eigenvalue weighted by atomic mass is 10.3. The summed E-state index contributed by atoms with van der Waals surface area (Å²) in [4.78, 5) is 12.6. The molecule has 6 heteroatoms. The average Bonchev–Trinajstić information content (AvgIpc) is 2.75. The molecule has 0 unspecified atom stereocenters. The summed E-state index contributed by atoms with van der Waals surface area (Å²) in [6.07, 6.45) is 1.83. The molecule has 0 bridgehead atoms. The van der Waals surface area contributed by atoms with Gasteiger partial charge in [0.2, 0.25) is 0 Å². The minimum absolute atomic E-state index is 0.0314. The van der Waals surface area contributed by atoms with E-state index in [1.54, 1.807) is 17.7 Å². The summed E-state index contributed by atoms with van der Waals surface area (Å²) in [6.45, 7) is 2.01. The van der Waals surface area contributed by atoms with E-state index in [1.807, 2.05) is 12.3 Å². The lowest BCUT2D eigenvalue weighted by Crippen LogP contribution is -2.08. The molecule has 2 aromatic rings. The van der Waals surface area contributed by atoms with Crippen molar-refractivity contribution in [2.24, 2.45) is 7.05 Å². The van der Waals surface area contributed by atoms with E-state index >= 15 is 0 Å². The van der Waals surface area contributed by atoms with Crippen LogP contribution in [0.1, 0.15) is 23.2 Å². The molecular formula is C9H11N5O. The largest absolute Gasteiger partial charge is 0.337 e. The van der Waals surface area contributed by atoms with Gasteiger partial charge in [-0.25, -0.2) is 0 Å². The van der Waals surface area contributed by atoms with Crippen molar-refractivity contribution in [3.63, 3.8) is 0 Å². The number of aryl methyl sites for hydroxylation is 1. The summed E-state index contributed by atoms with van der Waals surface area (Å²) in [7, 11) is 1.71. The van der Waals surface area contributed by atoms with Gasteiger partial charge in [0.05, 0.1) is 19.3 Å². The summed E-state index contributed by atoms with van der Waals surface area (Å²) in [5.41, 5.74) is 0.655. The zero-order valence-corrected chi connectivity index (χ0v) is 8.58. The summed E-state index contributed by atoms with van der Waals surface area (Å²) in [5, 5.41) is 11.6. The van der Waals surface area contributed by atoms with Gasteiger partial charge in [-0.05, 0) is 17.3 Å². The molecule has 15 heavy (non-hydrogen) atoms. The number of hydrogen-bond acceptors (Lipinski definition) is 4. The normalized spacial score (nSPS) is 10.5. The molecule has 6 nitrogen and oxygen atoms in total. The molecule has 0 amide bonds. The van der Waals surface area contributed by atoms with Crippen LogP contribution >= 0.6 is 0 Å². The van der Waals surface area contributed by atoms with Gasteiger partial charge in [-0.15, -0.1) is 10.2 Å². The van der Waals surface area contributed by atoms with Crippen LogP contribution in [0.5, 0.6) is 0 Å². The maximum absolute atomic E-state index is 11.2. The molecule has 78 valence electrons. The van der Waals surface area contributed by atoms with Crippen LogP contribution < -0.4 is 0 Å². The van der Waals surface area contributed by atoms with E-state index in [1.165, 1.54) is 11.7 Å². The standard InChI is InChI=1S/C9H11N5O/c1-7(15)8-4-3-5-14(8)6-9-10-12-13(2)11-9/h3-5H,6H2,1-2H3. The fourth-order valence-electron chi connectivity index (χ4n) is 1.41. The van der Waals surface area contributed by atoms with Crippen molar-refractivity contribution in [2.75, 3.05) is 0 Å². The topological polar surface area (TPSA) is 65.6 Å². The summed E-state index contributed by atoms with van der Waals surface area (Å²) in [5.74, 6) is 0.625. The molecule has 2 aromatic heterocycles. The number of carbonyl (C=O) groups is 1. The van der Waals surface area contributed by atoms with Crippen molar-refractivity contribution in [1.82, 2.24) is 24.8 Å². The van der Waals surface area contributed by atoms with Gasteiger partial charge >= 0.3 is 0 Å². The van der Waals surface area contributed by atoms with E-state index in [0.29, 0.717) is 18.1 Å². The number of rotatable bonds is 3. The second-order valence-electron chi connectivity index (χ2n) is 3.27. The van der Waals surface area contributed by atoms with Gasteiger partial charge in [0, 0.05) is 13.1 Å². The molecule has 0 aliphatic heterocycles. The van der Waals surface area contributed by atoms with Crippen LogP contribution in [-0.4, -0.2) is 30.6 Å². The first-order chi connectivity index (χ1) is 7.16. The molecule has 0 fully saturated rings. The third-order valence-electron chi connectivity index (χ3n) is 2.05. The van der Waals surface area contributed by atoms with Crippen LogP contribution in [0.25, 0.3) is 0 Å². The Labute approximate surface area is 86.5 Å². The fraction of sp³-hybridized carbons (Fsp3) is 0.333. The highest BCUT2D eigenvalue weighted by Crippen LogP contribution is 2.04. The van der Waals surface area contributed by atoms with Crippen molar-refractivity contribution in [3.05, 3.63) is 29.8 Å². The number of Topliss-reactive ketones (excluding diaryl/α,β-unsaturated/α-hetero) is 1. The second-order valence-corrected chi connectivity index (χ2v) is 3.27. The Kier molecular flexibility index (Phi) is 2.32. The smallest absolute Gasteiger partial charge is 0.194 e. The Hall–Kier alpha value is -1.98. The number of nitrogens with zero attached hydrogens (tertiary/aromatic N) is 5. The quantitative estimate of drug-likeness (QED) is 0.674. The van der Waals surface area contributed by atoms with Crippen LogP contribution in [-0.2, 0) is 13.6 Å². The Morgan fingerprint density at radius 3 is 2.93 bits per heavy atom. The zero-order valence-electron chi connectivity index (χ0n) is 8.58. The van der Waals surface area contributed by atoms with Crippen LogP contribution in [0, 0.1) is 0 Å². The summed E-state index contributed by atoms with van der Waals surface area (Å²) >= 11 is 0. The predicted octanol–water partition coefficient (Wildman–Crippen LogP) is 0.262. The van der Waals surface area contributed by atoms with Crippen molar-refractivity contribution < 1.29 is 4.79 Å². The minimum atomic E-state index is 0.0314. The summed E-state index contributed by atoms with van der Waals surface area (Å²) in [6, 6.07) is 3.60. The molecule has 0 aromatic carbocycles. The lowest BCUT2D eigenvalue weighted by molar-refractivity contribution is 0.100. The highest BCUT2D eigenvalue weighted by atomic mass is 16.1. The Bertz CT molecular complexity index is 484. The molecule has 0 saturated heterocycles. The molecule has 0 N–H and O–H groups in total. The van der Waals surface area contributed by atoms with Crippen LogP contribution in [0.15, 0.2) is 18.3 Å². The first-order valence-corrected chi connectivity index (χ1v) is 4.56. The molecule has 0 aliphatic carbocycles. The van der Waals surface area contributed by atoms with E-state index in [4.69, 9.17) is 0 Å². The van der Waals surface area contributed by atoms with Crippen LogP contribution in [0.4, 0.5) is 0 Å². The number of aromatic nitrogens is 5. The van der Waals surface area contributed by atoms with E-state index in [2.05, 4.69) is 15.4 Å². The van der Waals surface area contributed by atoms with E-state index in [9.17, 15) is 4.79 Å². The highest BCUT2D eigenvalue weighted by Gasteiger charge is 2.08. The fourth-order valence-corrected chi connectivity index (χ4v) is 1.41. The lowest BCUT2D eigenvalue weighted by Gasteiger charge is -2.02. The van der Waals surface area contributed by atoms with Crippen molar-refractivity contribution in [3.8, 4) is 0 Å². The van der Waals surface area contributed by atoms with Crippen molar-refractivity contribution in [1.29, 1.82) is 0 Å². The molecule has 2 heterocycles. The minimum Gasteiger partial charge on any atom is -0.337 e. The van der Waals surface area contributed by atoms with Crippen LogP contribution in [0.3, 0.4) is 0 Å². The first-order valence-electron chi connectivity index (χ1n) is 4.56. The van der Waals surface area contributed by atoms with Gasteiger partial charge in [-0.3, -0.25) is 4.79 Å². The van der Waals surface area contributed by atoms with Gasteiger partial charge in [0.1, 0.15) is 0 Å². The Morgan fingerprint density at radius 2 is 2.33 bits per heavy atom. The maximum atomic E-state index is 11.2. The molecule has 0 atom stereocenters. The average molecular weight is 205 g/mol. The van der Waals surface area contributed by atoms with Gasteiger partial charge in [-0.2, -0.15) is 4.80 Å². The molecule has 2 rings (SSSR count). The third kappa shape index (κ3) is 1.93. The zero-order chi connectivity index (χ0) is 10.8. The Morgan fingerprint density at radius 1 is 1.53 bits per heavy atom. The SMILES string of the molecule is CC(=O)c1cccn1Cc1nnn(C)n1. The first kappa shape index (κ1) is 9.57. The van der Waals surface area contributed by atoms with E-state index < -0.39 is 0 Å².